The Morgan fingerprint density at radius 2 is 1.48 bits per heavy atom. The van der Waals surface area contributed by atoms with Gasteiger partial charge in [0.2, 0.25) is 5.91 Å². The second-order valence-corrected chi connectivity index (χ2v) is 11.7. The zero-order valence-corrected chi connectivity index (χ0v) is 23.9. The molecule has 0 atom stereocenters. The highest BCUT2D eigenvalue weighted by Crippen LogP contribution is 2.26. The van der Waals surface area contributed by atoms with Gasteiger partial charge >= 0.3 is 0 Å². The molecule has 40 heavy (non-hydrogen) atoms. The lowest BCUT2D eigenvalue weighted by atomic mass is 9.90. The molecule has 0 saturated carbocycles. The maximum atomic E-state index is 13.1. The van der Waals surface area contributed by atoms with Crippen LogP contribution in [0, 0.1) is 5.92 Å². The second-order valence-electron chi connectivity index (χ2n) is 11.7. The molecule has 3 aromatic rings. The normalized spacial score (nSPS) is 16.7. The van der Waals surface area contributed by atoms with Crippen LogP contribution in [0.15, 0.2) is 72.8 Å². The number of hydrogen-bond acceptors (Lipinski definition) is 4. The van der Waals surface area contributed by atoms with E-state index in [-0.39, 0.29) is 5.91 Å². The maximum Gasteiger partial charge on any atom is 0.221 e. The maximum absolute atomic E-state index is 13.1. The van der Waals surface area contributed by atoms with Gasteiger partial charge in [0.25, 0.3) is 0 Å². The second kappa shape index (κ2) is 13.9. The van der Waals surface area contributed by atoms with Crippen molar-refractivity contribution in [1.29, 1.82) is 0 Å². The Bertz CT molecular complexity index is 1280. The number of ketones is 1. The monoisotopic (exact) mass is 537 g/mol. The molecule has 0 spiro atoms. The number of carbonyl (C=O) groups excluding carboxylic acids is 2. The van der Waals surface area contributed by atoms with E-state index in [1.54, 1.807) is 6.92 Å². The number of Topliss-reactive ketones (excluding diaryl/α,β-unsaturated/α-hetero) is 1. The molecule has 1 amide bonds. The number of hydrogen-bond donors (Lipinski definition) is 1. The van der Waals surface area contributed by atoms with Gasteiger partial charge in [-0.3, -0.25) is 19.4 Å². The van der Waals surface area contributed by atoms with Crippen molar-refractivity contribution < 1.29 is 9.59 Å². The quantitative estimate of drug-likeness (QED) is 0.300. The van der Waals surface area contributed by atoms with Gasteiger partial charge in [-0.2, -0.15) is 0 Å². The van der Waals surface area contributed by atoms with Crippen molar-refractivity contribution in [1.82, 2.24) is 9.80 Å². The van der Waals surface area contributed by atoms with Crippen LogP contribution in [0.3, 0.4) is 0 Å². The number of benzene rings is 3. The van der Waals surface area contributed by atoms with E-state index in [1.807, 2.05) is 12.1 Å². The first kappa shape index (κ1) is 28.3. The van der Waals surface area contributed by atoms with Crippen molar-refractivity contribution in [3.63, 3.8) is 0 Å². The number of piperidine rings is 1. The van der Waals surface area contributed by atoms with E-state index >= 15 is 0 Å². The van der Waals surface area contributed by atoms with Crippen LogP contribution < -0.4 is 5.32 Å². The lowest BCUT2D eigenvalue weighted by molar-refractivity contribution is -0.114. The van der Waals surface area contributed by atoms with Gasteiger partial charge in [0, 0.05) is 50.8 Å². The van der Waals surface area contributed by atoms with Crippen molar-refractivity contribution in [2.45, 2.75) is 65.0 Å². The molecule has 3 aromatic carbocycles. The van der Waals surface area contributed by atoms with Crippen LogP contribution in [-0.2, 0) is 30.7 Å². The first-order chi connectivity index (χ1) is 19.5. The molecule has 0 unspecified atom stereocenters. The van der Waals surface area contributed by atoms with Crippen LogP contribution in [0.4, 0.5) is 5.69 Å². The van der Waals surface area contributed by atoms with Crippen molar-refractivity contribution in [2.24, 2.45) is 5.92 Å². The number of fused-ring (bicyclic) bond motifs is 1. The number of amides is 1. The zero-order valence-electron chi connectivity index (χ0n) is 23.9. The Kier molecular flexibility index (Phi) is 9.80. The number of rotatable bonds is 10. The summed E-state index contributed by atoms with van der Waals surface area (Å²) in [6.45, 7) is 7.74. The van der Waals surface area contributed by atoms with Crippen LogP contribution in [0.5, 0.6) is 0 Å². The fraction of sp³-hybridized carbons (Fsp3) is 0.429. The van der Waals surface area contributed by atoms with E-state index in [0.717, 1.165) is 76.2 Å². The molecule has 1 fully saturated rings. The summed E-state index contributed by atoms with van der Waals surface area (Å²) in [6, 6.07) is 25.3. The summed E-state index contributed by atoms with van der Waals surface area (Å²) >= 11 is 0. The number of nitrogens with zero attached hydrogens (tertiary/aromatic N) is 2. The summed E-state index contributed by atoms with van der Waals surface area (Å²) in [5, 5.41) is 2.87. The Labute approximate surface area is 239 Å². The summed E-state index contributed by atoms with van der Waals surface area (Å²) in [6.07, 6.45) is 7.21. The molecule has 0 radical (unpaired) electrons. The van der Waals surface area contributed by atoms with E-state index in [0.29, 0.717) is 18.1 Å². The summed E-state index contributed by atoms with van der Waals surface area (Å²) < 4.78 is 0. The molecular weight excluding hydrogens is 494 g/mol. The number of carbonyl (C=O) groups is 2. The van der Waals surface area contributed by atoms with Crippen molar-refractivity contribution in [3.8, 4) is 0 Å². The van der Waals surface area contributed by atoms with Gasteiger partial charge in [-0.25, -0.2) is 0 Å². The SMILES string of the molecule is CC(=O)Nc1cccc(CN2CCC(CCCC(=O)c3ccc4c(c3)CCN(Cc3ccccc3)CC4)CC2)c1. The minimum absolute atomic E-state index is 0.0376. The predicted octanol–water partition coefficient (Wildman–Crippen LogP) is 6.51. The molecular formula is C35H43N3O2. The van der Waals surface area contributed by atoms with Gasteiger partial charge in [0.1, 0.15) is 0 Å². The van der Waals surface area contributed by atoms with Gasteiger partial charge in [-0.15, -0.1) is 0 Å². The first-order valence-electron chi connectivity index (χ1n) is 15.0. The van der Waals surface area contributed by atoms with Gasteiger partial charge in [-0.1, -0.05) is 54.6 Å². The van der Waals surface area contributed by atoms with Crippen molar-refractivity contribution >= 4 is 17.4 Å². The Hall–Kier alpha value is -3.28. The Morgan fingerprint density at radius 3 is 2.25 bits per heavy atom. The third kappa shape index (κ3) is 8.12. The molecule has 0 bridgehead atoms. The number of anilines is 1. The summed E-state index contributed by atoms with van der Waals surface area (Å²) in [4.78, 5) is 29.5. The molecule has 1 N–H and O–H groups in total. The molecule has 5 nitrogen and oxygen atoms in total. The van der Waals surface area contributed by atoms with Gasteiger partial charge in [0.15, 0.2) is 5.78 Å². The molecule has 2 aliphatic rings. The van der Waals surface area contributed by atoms with Gasteiger partial charge in [0.05, 0.1) is 0 Å². The van der Waals surface area contributed by atoms with E-state index in [2.05, 4.69) is 75.8 Å². The smallest absolute Gasteiger partial charge is 0.221 e. The highest BCUT2D eigenvalue weighted by Gasteiger charge is 2.20. The first-order valence-corrected chi connectivity index (χ1v) is 15.0. The minimum Gasteiger partial charge on any atom is -0.326 e. The number of likely N-dealkylation sites (tertiary alicyclic amines) is 1. The lowest BCUT2D eigenvalue weighted by Gasteiger charge is -2.32. The molecule has 0 aromatic heterocycles. The average molecular weight is 538 g/mol. The molecule has 2 aliphatic heterocycles. The van der Waals surface area contributed by atoms with Gasteiger partial charge in [-0.05, 0) is 98.0 Å². The van der Waals surface area contributed by atoms with E-state index in [9.17, 15) is 9.59 Å². The van der Waals surface area contributed by atoms with E-state index < -0.39 is 0 Å². The fourth-order valence-corrected chi connectivity index (χ4v) is 6.28. The molecule has 5 heteroatoms. The van der Waals surface area contributed by atoms with Crippen LogP contribution in [0.25, 0.3) is 0 Å². The third-order valence-electron chi connectivity index (χ3n) is 8.55. The standard InChI is InChI=1S/C35H43N3O2/c1-27(39)36-34-11-5-10-30(23-34)26-37-19-15-28(16-20-37)9-6-12-35(40)33-14-13-31-17-21-38(22-18-32(31)24-33)25-29-7-3-2-4-8-29/h2-5,7-8,10-11,13-14,23-24,28H,6,9,12,15-22,25-26H2,1H3,(H,36,39). The molecule has 210 valence electrons. The summed E-state index contributed by atoms with van der Waals surface area (Å²) in [7, 11) is 0. The summed E-state index contributed by atoms with van der Waals surface area (Å²) in [5.41, 5.74) is 7.12. The molecule has 1 saturated heterocycles. The highest BCUT2D eigenvalue weighted by atomic mass is 16.1. The lowest BCUT2D eigenvalue weighted by Crippen LogP contribution is -2.33. The molecule has 2 heterocycles. The number of nitrogens with one attached hydrogen (secondary N) is 1. The van der Waals surface area contributed by atoms with Crippen LogP contribution in [0.1, 0.15) is 71.6 Å². The Morgan fingerprint density at radius 1 is 0.775 bits per heavy atom. The Balaban J connectivity index is 1.03. The average Bonchev–Trinajstić information content (AvgIpc) is 3.16. The van der Waals surface area contributed by atoms with Crippen molar-refractivity contribution in [3.05, 3.63) is 101 Å². The fourth-order valence-electron chi connectivity index (χ4n) is 6.28. The topological polar surface area (TPSA) is 52.7 Å². The van der Waals surface area contributed by atoms with Crippen LogP contribution >= 0.6 is 0 Å². The highest BCUT2D eigenvalue weighted by molar-refractivity contribution is 5.96. The zero-order chi connectivity index (χ0) is 27.7. The minimum atomic E-state index is -0.0376. The summed E-state index contributed by atoms with van der Waals surface area (Å²) in [5.74, 6) is 0.964. The third-order valence-corrected chi connectivity index (χ3v) is 8.55. The van der Waals surface area contributed by atoms with E-state index in [1.165, 1.54) is 35.1 Å². The largest absolute Gasteiger partial charge is 0.326 e. The predicted molar refractivity (Wildman–Crippen MR) is 162 cm³/mol. The van der Waals surface area contributed by atoms with Crippen LogP contribution in [0.2, 0.25) is 0 Å². The van der Waals surface area contributed by atoms with Crippen molar-refractivity contribution in [2.75, 3.05) is 31.5 Å². The van der Waals surface area contributed by atoms with Crippen LogP contribution in [-0.4, -0.2) is 47.7 Å². The van der Waals surface area contributed by atoms with E-state index in [4.69, 9.17) is 0 Å². The van der Waals surface area contributed by atoms with Gasteiger partial charge < -0.3 is 5.32 Å². The molecule has 5 rings (SSSR count). The molecule has 0 aliphatic carbocycles.